The number of hydrogen-bond acceptors (Lipinski definition) is 6. The Morgan fingerprint density at radius 2 is 1.90 bits per heavy atom. The van der Waals surface area contributed by atoms with Gasteiger partial charge in [-0.1, -0.05) is 25.0 Å². The fourth-order valence-electron chi connectivity index (χ4n) is 3.41. The monoisotopic (exact) mass is 411 g/mol. The van der Waals surface area contributed by atoms with Crippen LogP contribution in [0.2, 0.25) is 0 Å². The molecule has 1 aliphatic heterocycles. The number of esters is 1. The Kier molecular flexibility index (Phi) is 5.95. The quantitative estimate of drug-likeness (QED) is 0.521. The van der Waals surface area contributed by atoms with Crippen molar-refractivity contribution < 1.29 is 37.4 Å². The topological polar surface area (TPSA) is 114 Å². The van der Waals surface area contributed by atoms with Gasteiger partial charge in [-0.15, -0.1) is 0 Å². The highest BCUT2D eigenvalue weighted by Crippen LogP contribution is 2.34. The van der Waals surface area contributed by atoms with E-state index in [0.29, 0.717) is 12.8 Å². The summed E-state index contributed by atoms with van der Waals surface area (Å²) in [5.41, 5.74) is -0.963. The number of urea groups is 1. The highest BCUT2D eigenvalue weighted by Gasteiger charge is 2.52. The molecule has 1 saturated carbocycles. The number of rotatable bonds is 7. The van der Waals surface area contributed by atoms with Gasteiger partial charge in [0.05, 0.1) is 5.69 Å². The fourth-order valence-corrected chi connectivity index (χ4v) is 3.41. The van der Waals surface area contributed by atoms with E-state index in [9.17, 15) is 28.0 Å². The number of hydrogen-bond donors (Lipinski definition) is 2. The third-order valence-corrected chi connectivity index (χ3v) is 4.73. The Balaban J connectivity index is 1.50. The van der Waals surface area contributed by atoms with Gasteiger partial charge >= 0.3 is 18.6 Å². The van der Waals surface area contributed by atoms with E-state index in [4.69, 9.17) is 4.74 Å². The summed E-state index contributed by atoms with van der Waals surface area (Å²) in [6.07, 6.45) is 2.65. The first-order chi connectivity index (χ1) is 13.8. The number of imide groups is 1. The second-order valence-corrected chi connectivity index (χ2v) is 6.69. The number of ether oxygens (including phenoxy) is 2. The summed E-state index contributed by atoms with van der Waals surface area (Å²) in [6.45, 7) is -4.42. The molecule has 11 heteroatoms. The predicted molar refractivity (Wildman–Crippen MR) is 94.1 cm³/mol. The van der Waals surface area contributed by atoms with E-state index < -0.39 is 49.1 Å². The molecule has 4 amide bonds. The number of para-hydroxylation sites is 2. The molecule has 2 N–H and O–H groups in total. The lowest BCUT2D eigenvalue weighted by Gasteiger charge is -2.19. The summed E-state index contributed by atoms with van der Waals surface area (Å²) in [4.78, 5) is 49.2. The van der Waals surface area contributed by atoms with Crippen LogP contribution in [0, 0.1) is 0 Å². The zero-order valence-corrected chi connectivity index (χ0v) is 15.3. The molecule has 1 heterocycles. The van der Waals surface area contributed by atoms with Crippen LogP contribution in [0.15, 0.2) is 24.3 Å². The van der Waals surface area contributed by atoms with E-state index in [2.05, 4.69) is 15.4 Å². The van der Waals surface area contributed by atoms with Crippen molar-refractivity contribution in [2.75, 3.05) is 18.5 Å². The summed E-state index contributed by atoms with van der Waals surface area (Å²) in [5.74, 6) is -2.47. The van der Waals surface area contributed by atoms with Gasteiger partial charge in [-0.3, -0.25) is 19.3 Å². The molecule has 0 atom stereocenters. The molecule has 1 spiro atoms. The molecule has 1 aliphatic carbocycles. The molecule has 9 nitrogen and oxygen atoms in total. The standard InChI is InChI=1S/C18H19F2N3O6/c19-16(20)29-12-6-2-1-5-11(12)21-13(24)10-28-14(25)9-23-15(26)18(22-17(23)27)7-3-4-8-18/h1-2,5-6,16H,3-4,7-10H2,(H,21,24)(H,22,27). The molecule has 0 aromatic heterocycles. The first-order valence-corrected chi connectivity index (χ1v) is 8.94. The van der Waals surface area contributed by atoms with Gasteiger partial charge in [0.25, 0.3) is 11.8 Å². The Morgan fingerprint density at radius 1 is 1.21 bits per heavy atom. The van der Waals surface area contributed by atoms with Gasteiger partial charge in [0.1, 0.15) is 17.8 Å². The molecule has 2 fully saturated rings. The zero-order chi connectivity index (χ0) is 21.0. The number of benzene rings is 1. The minimum absolute atomic E-state index is 0.0221. The van der Waals surface area contributed by atoms with E-state index in [1.807, 2.05) is 0 Å². The number of carbonyl (C=O) groups excluding carboxylic acids is 4. The first kappa shape index (κ1) is 20.5. The SMILES string of the molecule is O=C(COC(=O)CN1C(=O)NC2(CCCC2)C1=O)Nc1ccccc1OC(F)F. The summed E-state index contributed by atoms with van der Waals surface area (Å²) >= 11 is 0. The van der Waals surface area contributed by atoms with E-state index in [1.165, 1.54) is 24.3 Å². The van der Waals surface area contributed by atoms with Crippen LogP contribution in [0.3, 0.4) is 0 Å². The second kappa shape index (κ2) is 8.41. The highest BCUT2D eigenvalue weighted by atomic mass is 19.3. The lowest BCUT2D eigenvalue weighted by molar-refractivity contribution is -0.150. The number of carbonyl (C=O) groups is 4. The Bertz CT molecular complexity index is 826. The summed E-state index contributed by atoms with van der Waals surface area (Å²) in [7, 11) is 0. The molecule has 3 rings (SSSR count). The first-order valence-electron chi connectivity index (χ1n) is 8.94. The van der Waals surface area contributed by atoms with Gasteiger partial charge in [0, 0.05) is 0 Å². The van der Waals surface area contributed by atoms with E-state index in [0.717, 1.165) is 17.7 Å². The Hall–Kier alpha value is -3.24. The van der Waals surface area contributed by atoms with Crippen molar-refractivity contribution >= 4 is 29.5 Å². The van der Waals surface area contributed by atoms with Crippen LogP contribution in [0.4, 0.5) is 19.3 Å². The average molecular weight is 411 g/mol. The van der Waals surface area contributed by atoms with Gasteiger partial charge in [-0.25, -0.2) is 4.79 Å². The minimum atomic E-state index is -3.07. The third-order valence-electron chi connectivity index (χ3n) is 4.73. The Labute approximate surface area is 164 Å². The molecule has 1 aromatic carbocycles. The average Bonchev–Trinajstić information content (AvgIpc) is 3.22. The van der Waals surface area contributed by atoms with Crippen LogP contribution in [-0.2, 0) is 19.1 Å². The number of nitrogens with one attached hydrogen (secondary N) is 2. The summed E-state index contributed by atoms with van der Waals surface area (Å²) in [6, 6.07) is 4.85. The van der Waals surface area contributed by atoms with Crippen LogP contribution >= 0.6 is 0 Å². The van der Waals surface area contributed by atoms with Gasteiger partial charge in [-0.2, -0.15) is 8.78 Å². The number of nitrogens with zero attached hydrogens (tertiary/aromatic N) is 1. The molecule has 156 valence electrons. The molecule has 0 unspecified atom stereocenters. The fraction of sp³-hybridized carbons (Fsp3) is 0.444. The van der Waals surface area contributed by atoms with Crippen LogP contribution in [0.5, 0.6) is 5.75 Å². The van der Waals surface area contributed by atoms with Crippen molar-refractivity contribution in [1.29, 1.82) is 0 Å². The largest absolute Gasteiger partial charge is 0.454 e. The Morgan fingerprint density at radius 3 is 2.59 bits per heavy atom. The van der Waals surface area contributed by atoms with Gasteiger partial charge < -0.3 is 20.1 Å². The maximum absolute atomic E-state index is 12.5. The maximum atomic E-state index is 12.5. The molecule has 0 radical (unpaired) electrons. The molecular weight excluding hydrogens is 392 g/mol. The van der Waals surface area contributed by atoms with Crippen LogP contribution in [0.25, 0.3) is 0 Å². The zero-order valence-electron chi connectivity index (χ0n) is 15.3. The molecule has 0 bridgehead atoms. The van der Waals surface area contributed by atoms with Gasteiger partial charge in [0.15, 0.2) is 6.61 Å². The second-order valence-electron chi connectivity index (χ2n) is 6.69. The smallest absolute Gasteiger partial charge is 0.387 e. The molecule has 1 aromatic rings. The maximum Gasteiger partial charge on any atom is 0.387 e. The lowest BCUT2D eigenvalue weighted by atomic mass is 9.98. The van der Waals surface area contributed by atoms with E-state index in [1.54, 1.807) is 0 Å². The van der Waals surface area contributed by atoms with Crippen molar-refractivity contribution in [3.8, 4) is 5.75 Å². The molecule has 2 aliphatic rings. The van der Waals surface area contributed by atoms with Crippen LogP contribution < -0.4 is 15.4 Å². The van der Waals surface area contributed by atoms with Crippen molar-refractivity contribution in [3.05, 3.63) is 24.3 Å². The number of alkyl halides is 2. The predicted octanol–water partition coefficient (Wildman–Crippen LogP) is 1.63. The lowest BCUT2D eigenvalue weighted by Crippen LogP contribution is -2.44. The van der Waals surface area contributed by atoms with Gasteiger partial charge in [-0.05, 0) is 25.0 Å². The van der Waals surface area contributed by atoms with Crippen molar-refractivity contribution in [2.45, 2.75) is 37.8 Å². The van der Waals surface area contributed by atoms with Crippen molar-refractivity contribution in [3.63, 3.8) is 0 Å². The molecular formula is C18H19F2N3O6. The number of amides is 4. The number of anilines is 1. The van der Waals surface area contributed by atoms with Crippen molar-refractivity contribution in [2.24, 2.45) is 0 Å². The van der Waals surface area contributed by atoms with Crippen LogP contribution in [-0.4, -0.2) is 54.0 Å². The third kappa shape index (κ3) is 4.61. The van der Waals surface area contributed by atoms with Crippen molar-refractivity contribution in [1.82, 2.24) is 10.2 Å². The normalized spacial score (nSPS) is 17.6. The van der Waals surface area contributed by atoms with E-state index in [-0.39, 0.29) is 11.4 Å². The summed E-state index contributed by atoms with van der Waals surface area (Å²) in [5, 5.41) is 4.92. The number of halogens is 2. The molecule has 29 heavy (non-hydrogen) atoms. The summed E-state index contributed by atoms with van der Waals surface area (Å²) < 4.78 is 33.9. The van der Waals surface area contributed by atoms with Gasteiger partial charge in [0.2, 0.25) is 0 Å². The minimum Gasteiger partial charge on any atom is -0.454 e. The molecule has 1 saturated heterocycles. The van der Waals surface area contributed by atoms with E-state index >= 15 is 0 Å². The highest BCUT2D eigenvalue weighted by molar-refractivity contribution is 6.09. The van der Waals surface area contributed by atoms with Crippen LogP contribution in [0.1, 0.15) is 25.7 Å².